The molecule has 0 bridgehead atoms. The second kappa shape index (κ2) is 4.09. The van der Waals surface area contributed by atoms with Gasteiger partial charge in [0.25, 0.3) is 0 Å². The van der Waals surface area contributed by atoms with Gasteiger partial charge >= 0.3 is 5.97 Å². The minimum Gasteiger partial charge on any atom is -0.481 e. The summed E-state index contributed by atoms with van der Waals surface area (Å²) in [5, 5.41) is 19.8. The van der Waals surface area contributed by atoms with Crippen molar-refractivity contribution in [3.63, 3.8) is 0 Å². The second-order valence-electron chi connectivity index (χ2n) is 5.69. The number of hydrogen-bond acceptors (Lipinski definition) is 2. The molecular formula is C15H18O3. The van der Waals surface area contributed by atoms with Crippen LogP contribution in [0.15, 0.2) is 24.3 Å². The topological polar surface area (TPSA) is 57.5 Å². The van der Waals surface area contributed by atoms with Crippen LogP contribution in [0.1, 0.15) is 30.4 Å². The molecule has 96 valence electrons. The second-order valence-corrected chi connectivity index (χ2v) is 5.69. The number of carbonyl (C=O) groups is 1. The number of benzene rings is 1. The molecule has 2 unspecified atom stereocenters. The van der Waals surface area contributed by atoms with E-state index in [4.69, 9.17) is 0 Å². The Morgan fingerprint density at radius 1 is 1.17 bits per heavy atom. The van der Waals surface area contributed by atoms with Crippen LogP contribution in [0, 0.1) is 11.3 Å². The molecule has 1 aromatic rings. The largest absolute Gasteiger partial charge is 0.481 e. The lowest BCUT2D eigenvalue weighted by atomic mass is 9.71. The minimum atomic E-state index is -0.778. The quantitative estimate of drug-likeness (QED) is 0.839. The molecule has 1 fully saturated rings. The van der Waals surface area contributed by atoms with Crippen molar-refractivity contribution >= 4 is 5.97 Å². The molecule has 2 atom stereocenters. The number of carboxylic acid groups (broad SMARTS) is 1. The molecule has 2 aliphatic carbocycles. The van der Waals surface area contributed by atoms with Gasteiger partial charge in [0.15, 0.2) is 0 Å². The summed E-state index contributed by atoms with van der Waals surface area (Å²) in [7, 11) is 0. The fraction of sp³-hybridized carbons (Fsp3) is 0.533. The zero-order valence-electron chi connectivity index (χ0n) is 10.3. The Morgan fingerprint density at radius 3 is 2.22 bits per heavy atom. The summed E-state index contributed by atoms with van der Waals surface area (Å²) in [5.41, 5.74) is 1.50. The van der Waals surface area contributed by atoms with Gasteiger partial charge in [-0.05, 0) is 36.8 Å². The first-order chi connectivity index (χ1) is 8.63. The smallest absolute Gasteiger partial charge is 0.310 e. The van der Waals surface area contributed by atoms with Crippen LogP contribution in [0.4, 0.5) is 0 Å². The van der Waals surface area contributed by atoms with E-state index >= 15 is 0 Å². The number of hydrogen-bond donors (Lipinski definition) is 2. The predicted molar refractivity (Wildman–Crippen MR) is 67.3 cm³/mol. The summed E-state index contributed by atoms with van der Waals surface area (Å²) in [6.45, 7) is 0. The number of aliphatic hydroxyl groups excluding tert-OH is 1. The van der Waals surface area contributed by atoms with Crippen molar-refractivity contribution in [3.05, 3.63) is 35.4 Å². The summed E-state index contributed by atoms with van der Waals surface area (Å²) in [6.07, 6.45) is 3.21. The van der Waals surface area contributed by atoms with E-state index in [0.29, 0.717) is 12.8 Å². The summed E-state index contributed by atoms with van der Waals surface area (Å²) in [6, 6.07) is 7.95. The molecule has 0 amide bonds. The Hall–Kier alpha value is -1.35. The van der Waals surface area contributed by atoms with E-state index in [2.05, 4.69) is 0 Å². The number of rotatable bonds is 2. The first-order valence-corrected chi connectivity index (χ1v) is 6.62. The van der Waals surface area contributed by atoms with Gasteiger partial charge in [-0.2, -0.15) is 0 Å². The molecule has 1 aromatic carbocycles. The maximum absolute atomic E-state index is 11.8. The Morgan fingerprint density at radius 2 is 1.78 bits per heavy atom. The van der Waals surface area contributed by atoms with E-state index in [1.807, 2.05) is 24.3 Å². The molecule has 18 heavy (non-hydrogen) atoms. The van der Waals surface area contributed by atoms with Crippen molar-refractivity contribution in [3.8, 4) is 0 Å². The highest BCUT2D eigenvalue weighted by Gasteiger charge is 2.53. The van der Waals surface area contributed by atoms with E-state index < -0.39 is 17.5 Å². The van der Waals surface area contributed by atoms with Crippen LogP contribution >= 0.6 is 0 Å². The highest BCUT2D eigenvalue weighted by molar-refractivity contribution is 5.77. The van der Waals surface area contributed by atoms with Crippen LogP contribution < -0.4 is 0 Å². The van der Waals surface area contributed by atoms with Gasteiger partial charge < -0.3 is 10.2 Å². The molecule has 0 spiro atoms. The number of aliphatic hydroxyl groups is 1. The van der Waals surface area contributed by atoms with Gasteiger partial charge in [-0.15, -0.1) is 0 Å². The van der Waals surface area contributed by atoms with Crippen molar-refractivity contribution in [2.45, 2.75) is 38.2 Å². The Balaban J connectivity index is 1.99. The lowest BCUT2D eigenvalue weighted by Gasteiger charge is -2.33. The maximum Gasteiger partial charge on any atom is 0.310 e. The first-order valence-electron chi connectivity index (χ1n) is 6.62. The first kappa shape index (κ1) is 11.7. The van der Waals surface area contributed by atoms with Crippen LogP contribution in [-0.2, 0) is 17.6 Å². The summed E-state index contributed by atoms with van der Waals surface area (Å²) in [5.74, 6) is -0.841. The van der Waals surface area contributed by atoms with E-state index in [0.717, 1.165) is 30.4 Å². The SMILES string of the molecule is O=C(O)C1(C2CCCC2O)Cc2ccccc2C1. The van der Waals surface area contributed by atoms with Crippen LogP contribution in [-0.4, -0.2) is 22.3 Å². The van der Waals surface area contributed by atoms with Gasteiger partial charge in [-0.25, -0.2) is 0 Å². The monoisotopic (exact) mass is 246 g/mol. The highest BCUT2D eigenvalue weighted by Crippen LogP contribution is 2.49. The van der Waals surface area contributed by atoms with Gasteiger partial charge in [0, 0.05) is 5.92 Å². The maximum atomic E-state index is 11.8. The number of aliphatic carboxylic acids is 1. The average Bonchev–Trinajstić information content (AvgIpc) is 2.92. The third-order valence-corrected chi connectivity index (χ3v) is 4.75. The average molecular weight is 246 g/mol. The molecule has 1 saturated carbocycles. The Bertz CT molecular complexity index is 455. The number of fused-ring (bicyclic) bond motifs is 1. The molecule has 0 heterocycles. The molecular weight excluding hydrogens is 228 g/mol. The van der Waals surface area contributed by atoms with Crippen LogP contribution in [0.3, 0.4) is 0 Å². The lowest BCUT2D eigenvalue weighted by molar-refractivity contribution is -0.154. The summed E-state index contributed by atoms with van der Waals surface area (Å²) >= 11 is 0. The van der Waals surface area contributed by atoms with E-state index in [-0.39, 0.29) is 5.92 Å². The van der Waals surface area contributed by atoms with Gasteiger partial charge in [0.2, 0.25) is 0 Å². The van der Waals surface area contributed by atoms with Crippen molar-refractivity contribution in [2.24, 2.45) is 11.3 Å². The zero-order valence-corrected chi connectivity index (χ0v) is 10.3. The van der Waals surface area contributed by atoms with Crippen LogP contribution in [0.5, 0.6) is 0 Å². The Kier molecular flexibility index (Phi) is 2.67. The summed E-state index contributed by atoms with van der Waals surface area (Å²) in [4.78, 5) is 11.8. The molecule has 0 saturated heterocycles. The predicted octanol–water partition coefficient (Wildman–Crippen LogP) is 2.02. The van der Waals surface area contributed by atoms with Crippen molar-refractivity contribution in [1.82, 2.24) is 0 Å². The number of carboxylic acids is 1. The van der Waals surface area contributed by atoms with Gasteiger partial charge in [0.05, 0.1) is 11.5 Å². The summed E-state index contributed by atoms with van der Waals surface area (Å²) < 4.78 is 0. The molecule has 3 nitrogen and oxygen atoms in total. The zero-order chi connectivity index (χ0) is 12.8. The van der Waals surface area contributed by atoms with Crippen molar-refractivity contribution in [1.29, 1.82) is 0 Å². The molecule has 2 aliphatic rings. The van der Waals surface area contributed by atoms with Crippen LogP contribution in [0.25, 0.3) is 0 Å². The molecule has 3 rings (SSSR count). The van der Waals surface area contributed by atoms with E-state index in [1.54, 1.807) is 0 Å². The fourth-order valence-electron chi connectivity index (χ4n) is 3.80. The fourth-order valence-corrected chi connectivity index (χ4v) is 3.80. The van der Waals surface area contributed by atoms with Crippen molar-refractivity contribution in [2.75, 3.05) is 0 Å². The molecule has 0 radical (unpaired) electrons. The molecule has 2 N–H and O–H groups in total. The van der Waals surface area contributed by atoms with Gasteiger partial charge in [-0.3, -0.25) is 4.79 Å². The van der Waals surface area contributed by atoms with Gasteiger partial charge in [-0.1, -0.05) is 30.7 Å². The third-order valence-electron chi connectivity index (χ3n) is 4.75. The van der Waals surface area contributed by atoms with Crippen LogP contribution in [0.2, 0.25) is 0 Å². The minimum absolute atomic E-state index is 0.0950. The standard InChI is InChI=1S/C15H18O3/c16-13-7-3-6-12(13)15(14(17)18)8-10-4-1-2-5-11(10)9-15/h1-2,4-5,12-13,16H,3,6-9H2,(H,17,18). The Labute approximate surface area is 106 Å². The third kappa shape index (κ3) is 1.57. The van der Waals surface area contributed by atoms with E-state index in [9.17, 15) is 15.0 Å². The molecule has 0 aliphatic heterocycles. The van der Waals surface area contributed by atoms with Gasteiger partial charge in [0.1, 0.15) is 0 Å². The van der Waals surface area contributed by atoms with E-state index in [1.165, 1.54) is 0 Å². The molecule has 0 aromatic heterocycles. The van der Waals surface area contributed by atoms with Crippen molar-refractivity contribution < 1.29 is 15.0 Å². The lowest BCUT2D eigenvalue weighted by Crippen LogP contribution is -2.43. The highest BCUT2D eigenvalue weighted by atomic mass is 16.4. The molecule has 3 heteroatoms. The normalized spacial score (nSPS) is 29.2.